The van der Waals surface area contributed by atoms with Gasteiger partial charge in [-0.1, -0.05) is 64.0 Å². The standard InChI is InChI=1S/C28H22BrN3O3/c1-17-6-5-7-19(12-17)15-31-16-20(22-8-3-4-9-25(22)31)14-23-26(33)30-28(35)32(27(23)34)24-11-10-21(29)13-18(24)2/h3-14,16H,15H2,1-2H3,(H,30,33,35)/b23-14+. The van der Waals surface area contributed by atoms with Crippen LogP contribution >= 0.6 is 15.9 Å². The second kappa shape index (κ2) is 9.00. The van der Waals surface area contributed by atoms with E-state index in [2.05, 4.69) is 50.9 Å². The van der Waals surface area contributed by atoms with Crippen molar-refractivity contribution in [3.8, 4) is 0 Å². The van der Waals surface area contributed by atoms with Crippen LogP contribution in [0.3, 0.4) is 0 Å². The maximum absolute atomic E-state index is 13.4. The van der Waals surface area contributed by atoms with Gasteiger partial charge in [0.15, 0.2) is 0 Å². The zero-order valence-corrected chi connectivity index (χ0v) is 20.8. The largest absolute Gasteiger partial charge is 0.342 e. The summed E-state index contributed by atoms with van der Waals surface area (Å²) in [4.78, 5) is 39.8. The number of urea groups is 1. The molecule has 0 saturated carbocycles. The van der Waals surface area contributed by atoms with Crippen molar-refractivity contribution in [1.82, 2.24) is 9.88 Å². The van der Waals surface area contributed by atoms with Gasteiger partial charge in [0.05, 0.1) is 5.69 Å². The van der Waals surface area contributed by atoms with Crippen molar-refractivity contribution in [2.75, 3.05) is 4.90 Å². The minimum Gasteiger partial charge on any atom is -0.342 e. The molecule has 6 nitrogen and oxygen atoms in total. The Balaban J connectivity index is 1.58. The number of imide groups is 2. The summed E-state index contributed by atoms with van der Waals surface area (Å²) < 4.78 is 2.93. The molecule has 5 rings (SSSR count). The van der Waals surface area contributed by atoms with Gasteiger partial charge in [0, 0.05) is 33.7 Å². The molecule has 1 N–H and O–H groups in total. The van der Waals surface area contributed by atoms with Crippen molar-refractivity contribution >= 4 is 56.4 Å². The van der Waals surface area contributed by atoms with Crippen LogP contribution in [0.15, 0.2) is 83.0 Å². The number of barbiturate groups is 1. The second-order valence-corrected chi connectivity index (χ2v) is 9.52. The van der Waals surface area contributed by atoms with E-state index in [9.17, 15) is 14.4 Å². The van der Waals surface area contributed by atoms with Crippen LogP contribution in [0.4, 0.5) is 10.5 Å². The molecule has 1 aliphatic heterocycles. The topological polar surface area (TPSA) is 71.4 Å². The van der Waals surface area contributed by atoms with Crippen LogP contribution in [-0.2, 0) is 16.1 Å². The van der Waals surface area contributed by atoms with Gasteiger partial charge in [0.2, 0.25) is 0 Å². The van der Waals surface area contributed by atoms with E-state index in [1.165, 1.54) is 5.56 Å². The fraction of sp³-hybridized carbons (Fsp3) is 0.107. The van der Waals surface area contributed by atoms with E-state index in [1.54, 1.807) is 25.1 Å². The minimum atomic E-state index is -0.760. The van der Waals surface area contributed by atoms with E-state index in [0.717, 1.165) is 37.0 Å². The lowest BCUT2D eigenvalue weighted by atomic mass is 10.1. The monoisotopic (exact) mass is 527 g/mol. The Bertz CT molecular complexity index is 1550. The average Bonchev–Trinajstić information content (AvgIpc) is 3.15. The number of halogens is 1. The fourth-order valence-corrected chi connectivity index (χ4v) is 4.91. The van der Waals surface area contributed by atoms with E-state index in [4.69, 9.17) is 0 Å². The zero-order valence-electron chi connectivity index (χ0n) is 19.2. The number of aromatic nitrogens is 1. The summed E-state index contributed by atoms with van der Waals surface area (Å²) in [6.07, 6.45) is 3.51. The molecular weight excluding hydrogens is 506 g/mol. The van der Waals surface area contributed by atoms with Gasteiger partial charge in [-0.05, 0) is 55.3 Å². The van der Waals surface area contributed by atoms with Crippen LogP contribution in [0.2, 0.25) is 0 Å². The molecule has 35 heavy (non-hydrogen) atoms. The quantitative estimate of drug-likeness (QED) is 0.272. The van der Waals surface area contributed by atoms with Gasteiger partial charge in [-0.25, -0.2) is 9.69 Å². The first-order valence-corrected chi connectivity index (χ1v) is 11.9. The second-order valence-electron chi connectivity index (χ2n) is 8.61. The molecule has 0 spiro atoms. The van der Waals surface area contributed by atoms with Gasteiger partial charge in [-0.2, -0.15) is 0 Å². The maximum atomic E-state index is 13.4. The Morgan fingerprint density at radius 1 is 0.943 bits per heavy atom. The lowest BCUT2D eigenvalue weighted by molar-refractivity contribution is -0.122. The third-order valence-electron chi connectivity index (χ3n) is 6.06. The number of carbonyl (C=O) groups is 3. The summed E-state index contributed by atoms with van der Waals surface area (Å²) in [5.41, 5.74) is 5.11. The summed E-state index contributed by atoms with van der Waals surface area (Å²) in [7, 11) is 0. The molecule has 1 aromatic heterocycles. The number of fused-ring (bicyclic) bond motifs is 1. The predicted octanol–water partition coefficient (Wildman–Crippen LogP) is 5.74. The Morgan fingerprint density at radius 2 is 1.74 bits per heavy atom. The SMILES string of the molecule is Cc1cccc(Cn2cc(/C=C3\C(=O)NC(=O)N(c4ccc(Br)cc4C)C3=O)c3ccccc32)c1. The van der Waals surface area contributed by atoms with Crippen molar-refractivity contribution < 1.29 is 14.4 Å². The minimum absolute atomic E-state index is 0.0922. The highest BCUT2D eigenvalue weighted by molar-refractivity contribution is 9.10. The zero-order chi connectivity index (χ0) is 24.7. The number of nitrogens with zero attached hydrogens (tertiary/aromatic N) is 2. The summed E-state index contributed by atoms with van der Waals surface area (Å²) in [6, 6.07) is 20.6. The number of hydrogen-bond acceptors (Lipinski definition) is 3. The number of carbonyl (C=O) groups excluding carboxylic acids is 3. The van der Waals surface area contributed by atoms with Crippen LogP contribution in [-0.4, -0.2) is 22.4 Å². The van der Waals surface area contributed by atoms with Crippen LogP contribution in [0.25, 0.3) is 17.0 Å². The third-order valence-corrected chi connectivity index (χ3v) is 6.55. The molecule has 0 radical (unpaired) electrons. The predicted molar refractivity (Wildman–Crippen MR) is 140 cm³/mol. The first-order chi connectivity index (χ1) is 16.8. The van der Waals surface area contributed by atoms with E-state index < -0.39 is 17.8 Å². The highest BCUT2D eigenvalue weighted by Gasteiger charge is 2.37. The first kappa shape index (κ1) is 22.8. The Hall–Kier alpha value is -3.97. The van der Waals surface area contributed by atoms with Gasteiger partial charge in [0.1, 0.15) is 5.57 Å². The number of rotatable bonds is 4. The molecule has 7 heteroatoms. The molecular formula is C28H22BrN3O3. The summed E-state index contributed by atoms with van der Waals surface area (Å²) >= 11 is 3.40. The van der Waals surface area contributed by atoms with Crippen molar-refractivity contribution in [3.63, 3.8) is 0 Å². The molecule has 0 bridgehead atoms. The van der Waals surface area contributed by atoms with E-state index in [0.29, 0.717) is 12.2 Å². The third kappa shape index (κ3) is 4.31. The summed E-state index contributed by atoms with van der Waals surface area (Å²) in [6.45, 7) is 4.51. The molecule has 1 fully saturated rings. The van der Waals surface area contributed by atoms with E-state index >= 15 is 0 Å². The Morgan fingerprint density at radius 3 is 2.51 bits per heavy atom. The molecule has 0 atom stereocenters. The lowest BCUT2D eigenvalue weighted by Gasteiger charge is -2.27. The Labute approximate surface area is 211 Å². The van der Waals surface area contributed by atoms with Crippen LogP contribution in [0, 0.1) is 13.8 Å². The number of hydrogen-bond donors (Lipinski definition) is 1. The number of aryl methyl sites for hydroxylation is 2. The molecule has 0 unspecified atom stereocenters. The van der Waals surface area contributed by atoms with Gasteiger partial charge in [-0.3, -0.25) is 14.9 Å². The molecule has 2 heterocycles. The molecule has 1 aliphatic rings. The van der Waals surface area contributed by atoms with Gasteiger partial charge < -0.3 is 4.57 Å². The normalized spacial score (nSPS) is 15.2. The van der Waals surface area contributed by atoms with Crippen LogP contribution < -0.4 is 10.2 Å². The first-order valence-electron chi connectivity index (χ1n) is 11.1. The molecule has 4 amide bonds. The maximum Gasteiger partial charge on any atom is 0.335 e. The number of benzene rings is 3. The van der Waals surface area contributed by atoms with E-state index in [1.807, 2.05) is 42.6 Å². The smallest absolute Gasteiger partial charge is 0.335 e. The molecule has 1 saturated heterocycles. The number of nitrogens with one attached hydrogen (secondary N) is 1. The highest BCUT2D eigenvalue weighted by Crippen LogP contribution is 2.29. The summed E-state index contributed by atoms with van der Waals surface area (Å²) in [5.74, 6) is -1.36. The summed E-state index contributed by atoms with van der Waals surface area (Å²) in [5, 5.41) is 3.23. The van der Waals surface area contributed by atoms with Crippen LogP contribution in [0.1, 0.15) is 22.3 Å². The van der Waals surface area contributed by atoms with Gasteiger partial charge in [-0.15, -0.1) is 0 Å². The molecule has 0 aliphatic carbocycles. The van der Waals surface area contributed by atoms with Crippen molar-refractivity contribution in [3.05, 3.63) is 105 Å². The molecule has 3 aromatic carbocycles. The number of amides is 4. The van der Waals surface area contributed by atoms with Crippen molar-refractivity contribution in [1.29, 1.82) is 0 Å². The molecule has 174 valence electrons. The fourth-order valence-electron chi connectivity index (χ4n) is 4.43. The number of anilines is 1. The highest BCUT2D eigenvalue weighted by atomic mass is 79.9. The number of para-hydroxylation sites is 1. The van der Waals surface area contributed by atoms with Gasteiger partial charge >= 0.3 is 6.03 Å². The van der Waals surface area contributed by atoms with Gasteiger partial charge in [0.25, 0.3) is 11.8 Å². The van der Waals surface area contributed by atoms with Crippen molar-refractivity contribution in [2.45, 2.75) is 20.4 Å². The van der Waals surface area contributed by atoms with Crippen LogP contribution in [0.5, 0.6) is 0 Å². The van der Waals surface area contributed by atoms with Crippen molar-refractivity contribution in [2.24, 2.45) is 0 Å². The average molecular weight is 528 g/mol. The van der Waals surface area contributed by atoms with E-state index in [-0.39, 0.29) is 5.57 Å². The molecule has 4 aromatic rings. The Kier molecular flexibility index (Phi) is 5.86. The lowest BCUT2D eigenvalue weighted by Crippen LogP contribution is -2.54.